The molecule has 1 aromatic carbocycles. The summed E-state index contributed by atoms with van der Waals surface area (Å²) in [5.41, 5.74) is 6.89. The van der Waals surface area contributed by atoms with Crippen molar-refractivity contribution in [2.24, 2.45) is 5.73 Å². The molecule has 0 saturated carbocycles. The van der Waals surface area contributed by atoms with Crippen LogP contribution in [0, 0.1) is 6.92 Å². The number of methoxy groups -OCH3 is 1. The summed E-state index contributed by atoms with van der Waals surface area (Å²) in [5, 5.41) is 0. The van der Waals surface area contributed by atoms with Crippen molar-refractivity contribution in [1.82, 2.24) is 0 Å². The van der Waals surface area contributed by atoms with Gasteiger partial charge in [0.15, 0.2) is 11.5 Å². The molecule has 0 spiro atoms. The van der Waals surface area contributed by atoms with Crippen molar-refractivity contribution in [3.05, 3.63) is 23.8 Å². The third kappa shape index (κ3) is 3.74. The van der Waals surface area contributed by atoms with Gasteiger partial charge in [-0.25, -0.2) is 0 Å². The molecule has 0 aliphatic rings. The predicted molar refractivity (Wildman–Crippen MR) is 66.1 cm³/mol. The molecule has 2 N–H and O–H groups in total. The van der Waals surface area contributed by atoms with Gasteiger partial charge in [-0.05, 0) is 44.9 Å². The zero-order chi connectivity index (χ0) is 12.1. The van der Waals surface area contributed by atoms with Crippen molar-refractivity contribution in [3.8, 4) is 11.5 Å². The van der Waals surface area contributed by atoms with Crippen LogP contribution in [0.15, 0.2) is 18.2 Å². The van der Waals surface area contributed by atoms with Crippen LogP contribution in [0.1, 0.15) is 25.8 Å². The van der Waals surface area contributed by atoms with Gasteiger partial charge in [-0.15, -0.1) is 0 Å². The Balaban J connectivity index is 2.72. The monoisotopic (exact) mass is 223 g/mol. The molecule has 16 heavy (non-hydrogen) atoms. The second-order valence-electron chi connectivity index (χ2n) is 4.30. The summed E-state index contributed by atoms with van der Waals surface area (Å²) in [4.78, 5) is 0. The van der Waals surface area contributed by atoms with Gasteiger partial charge in [-0.1, -0.05) is 6.07 Å². The molecule has 2 atom stereocenters. The fraction of sp³-hybridized carbons (Fsp3) is 0.538. The fourth-order valence-corrected chi connectivity index (χ4v) is 1.66. The van der Waals surface area contributed by atoms with Gasteiger partial charge in [0.2, 0.25) is 0 Å². The third-order valence-electron chi connectivity index (χ3n) is 2.35. The Bertz CT molecular complexity index is 337. The average Bonchev–Trinajstić information content (AvgIpc) is 2.19. The standard InChI is InChI=1S/C13H21NO2/c1-9-5-6-12(13(7-9)15-4)16-11(3)8-10(2)14/h5-7,10-11H,8,14H2,1-4H3. The molecule has 0 heterocycles. The quantitative estimate of drug-likeness (QED) is 0.834. The highest BCUT2D eigenvalue weighted by molar-refractivity contribution is 5.42. The van der Waals surface area contributed by atoms with Crippen LogP contribution < -0.4 is 15.2 Å². The van der Waals surface area contributed by atoms with Crippen molar-refractivity contribution in [1.29, 1.82) is 0 Å². The molecule has 0 aliphatic carbocycles. The van der Waals surface area contributed by atoms with Gasteiger partial charge in [0.1, 0.15) is 0 Å². The van der Waals surface area contributed by atoms with Gasteiger partial charge in [0.05, 0.1) is 13.2 Å². The summed E-state index contributed by atoms with van der Waals surface area (Å²) in [5.74, 6) is 1.55. The van der Waals surface area contributed by atoms with Gasteiger partial charge >= 0.3 is 0 Å². The smallest absolute Gasteiger partial charge is 0.161 e. The molecule has 2 unspecified atom stereocenters. The lowest BCUT2D eigenvalue weighted by atomic mass is 10.1. The van der Waals surface area contributed by atoms with Crippen LogP contribution in [0.4, 0.5) is 0 Å². The lowest BCUT2D eigenvalue weighted by molar-refractivity contribution is 0.194. The molecule has 1 rings (SSSR count). The number of rotatable bonds is 5. The first-order valence-corrected chi connectivity index (χ1v) is 5.59. The SMILES string of the molecule is COc1cc(C)ccc1OC(C)CC(C)N. The van der Waals surface area contributed by atoms with Crippen molar-refractivity contribution in [3.63, 3.8) is 0 Å². The van der Waals surface area contributed by atoms with Crippen LogP contribution in [0.3, 0.4) is 0 Å². The molecule has 90 valence electrons. The number of nitrogens with two attached hydrogens (primary N) is 1. The Hall–Kier alpha value is -1.22. The van der Waals surface area contributed by atoms with Crippen LogP contribution in [-0.2, 0) is 0 Å². The lowest BCUT2D eigenvalue weighted by Crippen LogP contribution is -2.24. The molecule has 0 saturated heterocycles. The highest BCUT2D eigenvalue weighted by Crippen LogP contribution is 2.29. The Morgan fingerprint density at radius 3 is 2.50 bits per heavy atom. The second-order valence-corrected chi connectivity index (χ2v) is 4.30. The van der Waals surface area contributed by atoms with Crippen LogP contribution >= 0.6 is 0 Å². The van der Waals surface area contributed by atoms with E-state index in [4.69, 9.17) is 15.2 Å². The van der Waals surface area contributed by atoms with Gasteiger partial charge in [-0.3, -0.25) is 0 Å². The number of hydrogen-bond donors (Lipinski definition) is 1. The maximum atomic E-state index is 5.80. The molecule has 3 nitrogen and oxygen atoms in total. The van der Waals surface area contributed by atoms with Crippen molar-refractivity contribution in [2.75, 3.05) is 7.11 Å². The zero-order valence-corrected chi connectivity index (χ0v) is 10.5. The Morgan fingerprint density at radius 2 is 1.94 bits per heavy atom. The highest BCUT2D eigenvalue weighted by Gasteiger charge is 2.10. The van der Waals surface area contributed by atoms with E-state index in [1.807, 2.05) is 39.0 Å². The fourth-order valence-electron chi connectivity index (χ4n) is 1.66. The number of ether oxygens (including phenoxy) is 2. The van der Waals surface area contributed by atoms with E-state index in [0.717, 1.165) is 23.5 Å². The molecule has 0 aliphatic heterocycles. The van der Waals surface area contributed by atoms with Gasteiger partial charge in [0.25, 0.3) is 0 Å². The Kier molecular flexibility index (Phi) is 4.62. The Morgan fingerprint density at radius 1 is 1.25 bits per heavy atom. The second kappa shape index (κ2) is 5.75. The molecular weight excluding hydrogens is 202 g/mol. The topological polar surface area (TPSA) is 44.5 Å². The maximum Gasteiger partial charge on any atom is 0.161 e. The average molecular weight is 223 g/mol. The van der Waals surface area contributed by atoms with Crippen molar-refractivity contribution < 1.29 is 9.47 Å². The van der Waals surface area contributed by atoms with E-state index >= 15 is 0 Å². The van der Waals surface area contributed by atoms with Crippen LogP contribution in [0.2, 0.25) is 0 Å². The lowest BCUT2D eigenvalue weighted by Gasteiger charge is -2.18. The zero-order valence-electron chi connectivity index (χ0n) is 10.5. The first kappa shape index (κ1) is 12.8. The van der Waals surface area contributed by atoms with Crippen molar-refractivity contribution in [2.45, 2.75) is 39.3 Å². The van der Waals surface area contributed by atoms with Crippen molar-refractivity contribution >= 4 is 0 Å². The van der Waals surface area contributed by atoms with E-state index < -0.39 is 0 Å². The number of aryl methyl sites for hydroxylation is 1. The molecule has 0 aromatic heterocycles. The third-order valence-corrected chi connectivity index (χ3v) is 2.35. The molecular formula is C13H21NO2. The van der Waals surface area contributed by atoms with Gasteiger partial charge in [-0.2, -0.15) is 0 Å². The molecule has 1 aromatic rings. The number of hydrogen-bond acceptors (Lipinski definition) is 3. The first-order valence-electron chi connectivity index (χ1n) is 5.59. The Labute approximate surface area is 97.6 Å². The number of benzene rings is 1. The summed E-state index contributed by atoms with van der Waals surface area (Å²) in [6, 6.07) is 6.06. The molecule has 0 fully saturated rings. The first-order chi connectivity index (χ1) is 7.52. The minimum absolute atomic E-state index is 0.0941. The molecule has 0 radical (unpaired) electrons. The van der Waals surface area contributed by atoms with Gasteiger partial charge in [0, 0.05) is 6.04 Å². The minimum atomic E-state index is 0.0941. The van der Waals surface area contributed by atoms with Crippen LogP contribution in [0.25, 0.3) is 0 Å². The van der Waals surface area contributed by atoms with E-state index in [1.165, 1.54) is 0 Å². The molecule has 0 bridgehead atoms. The summed E-state index contributed by atoms with van der Waals surface area (Å²) in [7, 11) is 1.65. The van der Waals surface area contributed by atoms with E-state index in [1.54, 1.807) is 7.11 Å². The molecule has 3 heteroatoms. The van der Waals surface area contributed by atoms with E-state index in [0.29, 0.717) is 0 Å². The summed E-state index contributed by atoms with van der Waals surface area (Å²) < 4.78 is 11.1. The summed E-state index contributed by atoms with van der Waals surface area (Å²) in [6.45, 7) is 6.02. The van der Waals surface area contributed by atoms with Gasteiger partial charge < -0.3 is 15.2 Å². The predicted octanol–water partition coefficient (Wildman–Crippen LogP) is 2.51. The normalized spacial score (nSPS) is 14.3. The minimum Gasteiger partial charge on any atom is -0.493 e. The highest BCUT2D eigenvalue weighted by atomic mass is 16.5. The largest absolute Gasteiger partial charge is 0.493 e. The summed E-state index contributed by atoms with van der Waals surface area (Å²) >= 11 is 0. The van der Waals surface area contributed by atoms with E-state index in [-0.39, 0.29) is 12.1 Å². The van der Waals surface area contributed by atoms with Crippen LogP contribution in [0.5, 0.6) is 11.5 Å². The maximum absolute atomic E-state index is 5.80. The molecule has 0 amide bonds. The van der Waals surface area contributed by atoms with E-state index in [9.17, 15) is 0 Å². The summed E-state index contributed by atoms with van der Waals surface area (Å²) in [6.07, 6.45) is 0.924. The van der Waals surface area contributed by atoms with E-state index in [2.05, 4.69) is 0 Å². The van der Waals surface area contributed by atoms with Crippen LogP contribution in [-0.4, -0.2) is 19.3 Å².